The summed E-state index contributed by atoms with van der Waals surface area (Å²) < 4.78 is 6.30. The van der Waals surface area contributed by atoms with Gasteiger partial charge in [-0.15, -0.1) is 6.42 Å². The fourth-order valence-corrected chi connectivity index (χ4v) is 1.21. The van der Waals surface area contributed by atoms with E-state index in [0.717, 1.165) is 10.3 Å². The molecule has 0 aromatic carbocycles. The topological polar surface area (TPSA) is 22.1 Å². The molecule has 0 aliphatic rings. The summed E-state index contributed by atoms with van der Waals surface area (Å²) in [6.07, 6.45) is 5.30. The second-order valence-corrected chi connectivity index (χ2v) is 4.21. The molecule has 0 amide bonds. The first-order chi connectivity index (χ1) is 6.53. The Bertz CT molecular complexity index is 355. The van der Waals surface area contributed by atoms with Crippen LogP contribution in [-0.2, 0) is 11.3 Å². The van der Waals surface area contributed by atoms with E-state index in [9.17, 15) is 0 Å². The molecule has 1 aromatic rings. The maximum Gasteiger partial charge on any atom is 0.123 e. The summed E-state index contributed by atoms with van der Waals surface area (Å²) in [7, 11) is 0. The average Bonchev–Trinajstić information content (AvgIpc) is 2.15. The molecule has 0 radical (unpaired) electrons. The summed E-state index contributed by atoms with van der Waals surface area (Å²) in [5, 5.41) is 0. The van der Waals surface area contributed by atoms with Crippen LogP contribution in [0, 0.1) is 12.3 Å². The lowest BCUT2D eigenvalue weighted by atomic mass is 10.1. The molecule has 0 unspecified atom stereocenters. The highest BCUT2D eigenvalue weighted by molar-refractivity contribution is 9.10. The zero-order valence-electron chi connectivity index (χ0n) is 8.25. The van der Waals surface area contributed by atoms with E-state index in [1.54, 1.807) is 0 Å². The lowest BCUT2D eigenvalue weighted by molar-refractivity contribution is 0.0127. The van der Waals surface area contributed by atoms with Crippen LogP contribution in [0.1, 0.15) is 19.5 Å². The van der Waals surface area contributed by atoms with Crippen molar-refractivity contribution in [2.45, 2.75) is 26.1 Å². The van der Waals surface area contributed by atoms with Crippen LogP contribution in [0.2, 0.25) is 0 Å². The lowest BCUT2D eigenvalue weighted by Gasteiger charge is -2.18. The lowest BCUT2D eigenvalue weighted by Crippen LogP contribution is -2.21. The summed E-state index contributed by atoms with van der Waals surface area (Å²) in [5.41, 5.74) is 0.326. The van der Waals surface area contributed by atoms with Gasteiger partial charge in [0.25, 0.3) is 0 Å². The van der Waals surface area contributed by atoms with Gasteiger partial charge in [0.05, 0.1) is 12.3 Å². The molecule has 1 aromatic heterocycles. The number of halogens is 1. The summed E-state index contributed by atoms with van der Waals surface area (Å²) >= 11 is 3.29. The van der Waals surface area contributed by atoms with Crippen molar-refractivity contribution in [1.82, 2.24) is 4.98 Å². The summed E-state index contributed by atoms with van der Waals surface area (Å²) in [6.45, 7) is 4.13. The maximum atomic E-state index is 5.50. The van der Waals surface area contributed by atoms with Crippen LogP contribution in [0.3, 0.4) is 0 Å². The summed E-state index contributed by atoms with van der Waals surface area (Å²) in [6, 6.07) is 5.69. The molecule has 0 atom stereocenters. The molecule has 0 saturated carbocycles. The third-order valence-electron chi connectivity index (χ3n) is 1.70. The SMILES string of the molecule is C#CC(C)(C)OCc1cccc(Br)n1. The number of aromatic nitrogens is 1. The first-order valence-corrected chi connectivity index (χ1v) is 5.06. The summed E-state index contributed by atoms with van der Waals surface area (Å²) in [4.78, 5) is 4.23. The van der Waals surface area contributed by atoms with Gasteiger partial charge in [-0.3, -0.25) is 0 Å². The molecule has 0 fully saturated rings. The van der Waals surface area contributed by atoms with Crippen molar-refractivity contribution in [1.29, 1.82) is 0 Å². The van der Waals surface area contributed by atoms with Crippen molar-refractivity contribution in [2.75, 3.05) is 0 Å². The van der Waals surface area contributed by atoms with E-state index in [-0.39, 0.29) is 0 Å². The van der Waals surface area contributed by atoms with Crippen molar-refractivity contribution in [3.8, 4) is 12.3 Å². The fourth-order valence-electron chi connectivity index (χ4n) is 0.827. The zero-order valence-corrected chi connectivity index (χ0v) is 9.84. The standard InChI is InChI=1S/C11H12BrNO/c1-4-11(2,3)14-8-9-6-5-7-10(12)13-9/h1,5-7H,8H2,2-3H3. The molecule has 0 bridgehead atoms. The number of pyridine rings is 1. The predicted octanol–water partition coefficient (Wildman–Crippen LogP) is 2.77. The second-order valence-electron chi connectivity index (χ2n) is 3.39. The van der Waals surface area contributed by atoms with Gasteiger partial charge in [0, 0.05) is 0 Å². The molecular weight excluding hydrogens is 242 g/mol. The highest BCUT2D eigenvalue weighted by Gasteiger charge is 2.14. The molecule has 0 spiro atoms. The Morgan fingerprint density at radius 1 is 1.57 bits per heavy atom. The van der Waals surface area contributed by atoms with Crippen molar-refractivity contribution in [2.24, 2.45) is 0 Å². The number of terminal acetylenes is 1. The monoisotopic (exact) mass is 253 g/mol. The van der Waals surface area contributed by atoms with Crippen LogP contribution in [-0.4, -0.2) is 10.6 Å². The highest BCUT2D eigenvalue weighted by atomic mass is 79.9. The Labute approximate surface area is 92.8 Å². The van der Waals surface area contributed by atoms with Crippen LogP contribution in [0.5, 0.6) is 0 Å². The fraction of sp³-hybridized carbons (Fsp3) is 0.364. The van der Waals surface area contributed by atoms with Gasteiger partial charge in [-0.05, 0) is 41.9 Å². The van der Waals surface area contributed by atoms with E-state index < -0.39 is 5.60 Å². The van der Waals surface area contributed by atoms with Gasteiger partial charge >= 0.3 is 0 Å². The van der Waals surface area contributed by atoms with Crippen LogP contribution >= 0.6 is 15.9 Å². The molecule has 1 heterocycles. The van der Waals surface area contributed by atoms with Crippen LogP contribution < -0.4 is 0 Å². The quantitative estimate of drug-likeness (QED) is 0.611. The van der Waals surface area contributed by atoms with E-state index in [1.165, 1.54) is 0 Å². The predicted molar refractivity (Wildman–Crippen MR) is 59.6 cm³/mol. The van der Waals surface area contributed by atoms with E-state index in [4.69, 9.17) is 11.2 Å². The van der Waals surface area contributed by atoms with Crippen molar-refractivity contribution >= 4 is 15.9 Å². The van der Waals surface area contributed by atoms with Crippen molar-refractivity contribution in [3.05, 3.63) is 28.5 Å². The number of nitrogens with zero attached hydrogens (tertiary/aromatic N) is 1. The number of rotatable bonds is 3. The third-order valence-corrected chi connectivity index (χ3v) is 2.14. The van der Waals surface area contributed by atoms with Crippen LogP contribution in [0.4, 0.5) is 0 Å². The molecule has 14 heavy (non-hydrogen) atoms. The van der Waals surface area contributed by atoms with Gasteiger partial charge in [-0.2, -0.15) is 0 Å². The van der Waals surface area contributed by atoms with E-state index in [1.807, 2.05) is 32.0 Å². The first kappa shape index (κ1) is 11.2. The normalized spacial score (nSPS) is 11.0. The van der Waals surface area contributed by atoms with Crippen molar-refractivity contribution in [3.63, 3.8) is 0 Å². The van der Waals surface area contributed by atoms with Gasteiger partial charge in [0.2, 0.25) is 0 Å². The molecule has 3 heteroatoms. The molecule has 0 N–H and O–H groups in total. The summed E-state index contributed by atoms with van der Waals surface area (Å²) in [5.74, 6) is 2.56. The molecule has 0 saturated heterocycles. The van der Waals surface area contributed by atoms with E-state index >= 15 is 0 Å². The number of hydrogen-bond donors (Lipinski definition) is 0. The van der Waals surface area contributed by atoms with E-state index in [2.05, 4.69) is 26.8 Å². The minimum Gasteiger partial charge on any atom is -0.357 e. The maximum absolute atomic E-state index is 5.50. The van der Waals surface area contributed by atoms with E-state index in [0.29, 0.717) is 6.61 Å². The zero-order chi connectivity index (χ0) is 10.6. The molecule has 2 nitrogen and oxygen atoms in total. The average molecular weight is 254 g/mol. The molecular formula is C11H12BrNO. The molecule has 1 rings (SSSR count). The van der Waals surface area contributed by atoms with Crippen LogP contribution in [0.25, 0.3) is 0 Å². The van der Waals surface area contributed by atoms with Gasteiger partial charge in [0.15, 0.2) is 0 Å². The first-order valence-electron chi connectivity index (χ1n) is 4.27. The second kappa shape index (κ2) is 4.59. The third kappa shape index (κ3) is 3.49. The number of hydrogen-bond acceptors (Lipinski definition) is 2. The Morgan fingerprint density at radius 3 is 2.86 bits per heavy atom. The molecule has 0 aliphatic heterocycles. The Kier molecular flexibility index (Phi) is 3.68. The Morgan fingerprint density at radius 2 is 2.29 bits per heavy atom. The minimum absolute atomic E-state index is 0.427. The van der Waals surface area contributed by atoms with Gasteiger partial charge in [0.1, 0.15) is 10.2 Å². The molecule has 0 aliphatic carbocycles. The van der Waals surface area contributed by atoms with Gasteiger partial charge in [-0.25, -0.2) is 4.98 Å². The number of ether oxygens (including phenoxy) is 1. The van der Waals surface area contributed by atoms with Crippen LogP contribution in [0.15, 0.2) is 22.8 Å². The smallest absolute Gasteiger partial charge is 0.123 e. The largest absolute Gasteiger partial charge is 0.357 e. The molecule has 74 valence electrons. The Hall–Kier alpha value is -0.850. The van der Waals surface area contributed by atoms with Crippen molar-refractivity contribution < 1.29 is 4.74 Å². The van der Waals surface area contributed by atoms with Gasteiger partial charge in [-0.1, -0.05) is 12.0 Å². The highest BCUT2D eigenvalue weighted by Crippen LogP contribution is 2.12. The van der Waals surface area contributed by atoms with Gasteiger partial charge < -0.3 is 4.74 Å². The Balaban J connectivity index is 2.59. The minimum atomic E-state index is -0.538.